The van der Waals surface area contributed by atoms with E-state index in [4.69, 9.17) is 9.47 Å². The molecule has 2 rings (SSSR count). The number of rotatable bonds is 6. The van der Waals surface area contributed by atoms with Gasteiger partial charge in [-0.15, -0.1) is 0 Å². The van der Waals surface area contributed by atoms with Crippen molar-refractivity contribution in [2.45, 2.75) is 20.0 Å². The van der Waals surface area contributed by atoms with E-state index in [9.17, 15) is 0 Å². The van der Waals surface area contributed by atoms with E-state index in [0.717, 1.165) is 28.9 Å². The predicted octanol–water partition coefficient (Wildman–Crippen LogP) is 2.80. The van der Waals surface area contributed by atoms with Crippen LogP contribution in [0.25, 0.3) is 0 Å². The SMILES string of the molecule is COc1cc(CNCc2cnn(C)c2C)cc(Br)c1OC. The van der Waals surface area contributed by atoms with Crippen molar-refractivity contribution in [3.8, 4) is 11.5 Å². The molecule has 1 aromatic heterocycles. The molecule has 0 unspecified atom stereocenters. The summed E-state index contributed by atoms with van der Waals surface area (Å²) >= 11 is 3.50. The van der Waals surface area contributed by atoms with Gasteiger partial charge in [-0.1, -0.05) is 0 Å². The summed E-state index contributed by atoms with van der Waals surface area (Å²) in [4.78, 5) is 0. The van der Waals surface area contributed by atoms with E-state index in [1.807, 2.05) is 30.1 Å². The molecule has 0 fully saturated rings. The van der Waals surface area contributed by atoms with Crippen molar-refractivity contribution in [1.29, 1.82) is 0 Å². The maximum atomic E-state index is 5.35. The van der Waals surface area contributed by atoms with Crippen molar-refractivity contribution in [3.63, 3.8) is 0 Å². The molecule has 0 saturated carbocycles. The molecule has 0 aliphatic carbocycles. The first-order valence-corrected chi connectivity index (χ1v) is 7.44. The minimum atomic E-state index is 0.712. The molecule has 0 saturated heterocycles. The number of hydrogen-bond donors (Lipinski definition) is 1. The summed E-state index contributed by atoms with van der Waals surface area (Å²) in [5.74, 6) is 1.44. The van der Waals surface area contributed by atoms with Gasteiger partial charge in [-0.25, -0.2) is 0 Å². The Labute approximate surface area is 133 Å². The van der Waals surface area contributed by atoms with Crippen LogP contribution in [0.5, 0.6) is 11.5 Å². The lowest BCUT2D eigenvalue weighted by Gasteiger charge is -2.12. The molecule has 1 heterocycles. The lowest BCUT2D eigenvalue weighted by Crippen LogP contribution is -2.13. The molecular weight excluding hydrogens is 334 g/mol. The first-order chi connectivity index (χ1) is 10.1. The highest BCUT2D eigenvalue weighted by molar-refractivity contribution is 9.10. The van der Waals surface area contributed by atoms with Crippen LogP contribution in [-0.4, -0.2) is 24.0 Å². The zero-order chi connectivity index (χ0) is 15.4. The Bertz CT molecular complexity index is 626. The van der Waals surface area contributed by atoms with E-state index in [0.29, 0.717) is 5.75 Å². The fraction of sp³-hybridized carbons (Fsp3) is 0.400. The van der Waals surface area contributed by atoms with Gasteiger partial charge in [0.1, 0.15) is 0 Å². The molecule has 5 nitrogen and oxygen atoms in total. The van der Waals surface area contributed by atoms with Crippen molar-refractivity contribution in [3.05, 3.63) is 39.6 Å². The largest absolute Gasteiger partial charge is 0.493 e. The van der Waals surface area contributed by atoms with E-state index < -0.39 is 0 Å². The number of hydrogen-bond acceptors (Lipinski definition) is 4. The number of aromatic nitrogens is 2. The number of methoxy groups -OCH3 is 2. The Morgan fingerprint density at radius 3 is 2.57 bits per heavy atom. The number of halogens is 1. The molecule has 0 spiro atoms. The monoisotopic (exact) mass is 353 g/mol. The minimum absolute atomic E-state index is 0.712. The van der Waals surface area contributed by atoms with Crippen molar-refractivity contribution >= 4 is 15.9 Å². The van der Waals surface area contributed by atoms with Gasteiger partial charge in [0.25, 0.3) is 0 Å². The summed E-state index contributed by atoms with van der Waals surface area (Å²) < 4.78 is 13.4. The van der Waals surface area contributed by atoms with Crippen LogP contribution in [0.3, 0.4) is 0 Å². The van der Waals surface area contributed by atoms with Crippen LogP contribution in [0.1, 0.15) is 16.8 Å². The van der Waals surface area contributed by atoms with Crippen LogP contribution < -0.4 is 14.8 Å². The third kappa shape index (κ3) is 3.57. The maximum absolute atomic E-state index is 5.35. The van der Waals surface area contributed by atoms with E-state index >= 15 is 0 Å². The standard InChI is InChI=1S/C15H20BrN3O2/c1-10-12(9-18-19(10)2)8-17-7-11-5-13(16)15(21-4)14(6-11)20-3/h5-6,9,17H,7-8H2,1-4H3. The van der Waals surface area contributed by atoms with Crippen LogP contribution in [-0.2, 0) is 20.1 Å². The fourth-order valence-electron chi connectivity index (χ4n) is 2.13. The van der Waals surface area contributed by atoms with Gasteiger partial charge >= 0.3 is 0 Å². The Morgan fingerprint density at radius 2 is 2.00 bits per heavy atom. The van der Waals surface area contributed by atoms with Crippen molar-refractivity contribution in [2.24, 2.45) is 7.05 Å². The van der Waals surface area contributed by atoms with E-state index in [-0.39, 0.29) is 0 Å². The molecule has 0 bridgehead atoms. The van der Waals surface area contributed by atoms with Crippen LogP contribution in [0.2, 0.25) is 0 Å². The highest BCUT2D eigenvalue weighted by atomic mass is 79.9. The van der Waals surface area contributed by atoms with Crippen LogP contribution in [0.4, 0.5) is 0 Å². The molecule has 0 aliphatic rings. The average Bonchev–Trinajstić information content (AvgIpc) is 2.78. The fourth-order valence-corrected chi connectivity index (χ4v) is 2.78. The van der Waals surface area contributed by atoms with Crippen molar-refractivity contribution in [1.82, 2.24) is 15.1 Å². The normalized spacial score (nSPS) is 10.7. The average molecular weight is 354 g/mol. The van der Waals surface area contributed by atoms with Gasteiger partial charge in [-0.05, 0) is 40.5 Å². The van der Waals surface area contributed by atoms with E-state index in [2.05, 4.69) is 33.3 Å². The van der Waals surface area contributed by atoms with Gasteiger partial charge in [-0.2, -0.15) is 5.10 Å². The van der Waals surface area contributed by atoms with E-state index in [1.54, 1.807) is 14.2 Å². The summed E-state index contributed by atoms with van der Waals surface area (Å²) in [6.07, 6.45) is 1.90. The highest BCUT2D eigenvalue weighted by Gasteiger charge is 2.10. The second-order valence-electron chi connectivity index (χ2n) is 4.80. The van der Waals surface area contributed by atoms with E-state index in [1.165, 1.54) is 11.3 Å². The number of nitrogens with zero attached hydrogens (tertiary/aromatic N) is 2. The number of benzene rings is 1. The summed E-state index contributed by atoms with van der Waals surface area (Å²) in [6.45, 7) is 3.59. The van der Waals surface area contributed by atoms with Crippen molar-refractivity contribution in [2.75, 3.05) is 14.2 Å². The lowest BCUT2D eigenvalue weighted by molar-refractivity contribution is 0.352. The molecule has 6 heteroatoms. The van der Waals surface area contributed by atoms with Crippen molar-refractivity contribution < 1.29 is 9.47 Å². The lowest BCUT2D eigenvalue weighted by atomic mass is 10.2. The number of aryl methyl sites for hydroxylation is 1. The van der Waals surface area contributed by atoms with Gasteiger partial charge in [0.15, 0.2) is 11.5 Å². The molecular formula is C15H20BrN3O2. The number of nitrogens with one attached hydrogen (secondary N) is 1. The molecule has 0 radical (unpaired) electrons. The van der Waals surface area contributed by atoms with Gasteiger partial charge in [-0.3, -0.25) is 4.68 Å². The molecule has 2 aromatic rings. The molecule has 0 aliphatic heterocycles. The van der Waals surface area contributed by atoms with Crippen LogP contribution in [0.15, 0.2) is 22.8 Å². The topological polar surface area (TPSA) is 48.3 Å². The molecule has 0 atom stereocenters. The minimum Gasteiger partial charge on any atom is -0.493 e. The summed E-state index contributed by atoms with van der Waals surface area (Å²) in [5.41, 5.74) is 3.51. The smallest absolute Gasteiger partial charge is 0.174 e. The van der Waals surface area contributed by atoms with Gasteiger partial charge in [0, 0.05) is 31.4 Å². The summed E-state index contributed by atoms with van der Waals surface area (Å²) in [5, 5.41) is 7.66. The molecule has 21 heavy (non-hydrogen) atoms. The Morgan fingerprint density at radius 1 is 1.24 bits per heavy atom. The quantitative estimate of drug-likeness (QED) is 0.867. The van der Waals surface area contributed by atoms with Crippen LogP contribution in [0, 0.1) is 6.92 Å². The Kier molecular flexibility index (Phi) is 5.25. The molecule has 1 N–H and O–H groups in total. The molecule has 0 amide bonds. The van der Waals surface area contributed by atoms with Crippen LogP contribution >= 0.6 is 15.9 Å². The Hall–Kier alpha value is -1.53. The second kappa shape index (κ2) is 6.95. The zero-order valence-corrected chi connectivity index (χ0v) is 14.3. The third-order valence-electron chi connectivity index (χ3n) is 3.47. The molecule has 114 valence electrons. The van der Waals surface area contributed by atoms with Gasteiger partial charge in [0.2, 0.25) is 0 Å². The summed E-state index contributed by atoms with van der Waals surface area (Å²) in [7, 11) is 5.22. The first-order valence-electron chi connectivity index (χ1n) is 6.65. The zero-order valence-electron chi connectivity index (χ0n) is 12.7. The summed E-state index contributed by atoms with van der Waals surface area (Å²) in [6, 6.07) is 4.01. The van der Waals surface area contributed by atoms with Gasteiger partial charge < -0.3 is 14.8 Å². The second-order valence-corrected chi connectivity index (χ2v) is 5.65. The predicted molar refractivity (Wildman–Crippen MR) is 85.7 cm³/mol. The number of ether oxygens (including phenoxy) is 2. The third-order valence-corrected chi connectivity index (χ3v) is 4.06. The maximum Gasteiger partial charge on any atom is 0.174 e. The highest BCUT2D eigenvalue weighted by Crippen LogP contribution is 2.36. The van der Waals surface area contributed by atoms with Gasteiger partial charge in [0.05, 0.1) is 24.9 Å². The Balaban J connectivity index is 2.03. The molecule has 1 aromatic carbocycles. The first kappa shape index (κ1) is 15.9.